The lowest BCUT2D eigenvalue weighted by atomic mass is 9.89. The van der Waals surface area contributed by atoms with Gasteiger partial charge in [0, 0.05) is 17.5 Å². The van der Waals surface area contributed by atoms with E-state index in [-0.39, 0.29) is 28.9 Å². The molecule has 1 aliphatic heterocycles. The fourth-order valence-electron chi connectivity index (χ4n) is 2.67. The standard InChI is InChI=1S/C16H16O5/c1-20-16-13(18)5-4-12(15(16)19)10-6-9-2-3-11(17)7-14(9)21-8-10/h2-5,7,10,17-19H,6,8H2,1H3/t10-/m0/s1. The second-order valence-electron chi connectivity index (χ2n) is 5.06. The summed E-state index contributed by atoms with van der Waals surface area (Å²) in [6.45, 7) is 0.387. The van der Waals surface area contributed by atoms with E-state index in [0.29, 0.717) is 24.3 Å². The molecular weight excluding hydrogens is 272 g/mol. The van der Waals surface area contributed by atoms with Gasteiger partial charge >= 0.3 is 0 Å². The van der Waals surface area contributed by atoms with Crippen LogP contribution in [0.2, 0.25) is 0 Å². The van der Waals surface area contributed by atoms with E-state index in [1.165, 1.54) is 13.2 Å². The summed E-state index contributed by atoms with van der Waals surface area (Å²) in [6.07, 6.45) is 0.678. The molecule has 110 valence electrons. The van der Waals surface area contributed by atoms with Gasteiger partial charge in [-0.2, -0.15) is 0 Å². The quantitative estimate of drug-likeness (QED) is 0.791. The smallest absolute Gasteiger partial charge is 0.203 e. The van der Waals surface area contributed by atoms with Gasteiger partial charge in [-0.05, 0) is 24.1 Å². The van der Waals surface area contributed by atoms with Gasteiger partial charge in [-0.3, -0.25) is 0 Å². The first-order chi connectivity index (χ1) is 10.1. The number of hydrogen-bond acceptors (Lipinski definition) is 5. The highest BCUT2D eigenvalue weighted by Gasteiger charge is 2.26. The molecule has 2 aromatic rings. The number of methoxy groups -OCH3 is 1. The molecule has 1 heterocycles. The molecule has 0 unspecified atom stereocenters. The Hall–Kier alpha value is -2.56. The van der Waals surface area contributed by atoms with Crippen molar-refractivity contribution < 1.29 is 24.8 Å². The van der Waals surface area contributed by atoms with E-state index in [4.69, 9.17) is 9.47 Å². The highest BCUT2D eigenvalue weighted by atomic mass is 16.5. The van der Waals surface area contributed by atoms with E-state index in [0.717, 1.165) is 5.56 Å². The molecule has 0 radical (unpaired) electrons. The minimum atomic E-state index is -0.0965. The summed E-state index contributed by atoms with van der Waals surface area (Å²) < 4.78 is 10.7. The molecule has 0 bridgehead atoms. The average molecular weight is 288 g/mol. The Morgan fingerprint density at radius 3 is 2.71 bits per heavy atom. The minimum Gasteiger partial charge on any atom is -0.508 e. The minimum absolute atomic E-state index is 0.0449. The SMILES string of the molecule is COc1c(O)ccc([C@@H]2COc3cc(O)ccc3C2)c1O. The maximum absolute atomic E-state index is 10.2. The molecule has 0 aromatic heterocycles. The number of phenolic OH excluding ortho intramolecular Hbond substituents is 3. The van der Waals surface area contributed by atoms with Crippen molar-refractivity contribution in [2.24, 2.45) is 0 Å². The Labute approximate surface area is 122 Å². The van der Waals surface area contributed by atoms with E-state index in [1.54, 1.807) is 18.2 Å². The zero-order valence-electron chi connectivity index (χ0n) is 11.5. The van der Waals surface area contributed by atoms with Crippen LogP contribution in [0, 0.1) is 0 Å². The van der Waals surface area contributed by atoms with Crippen molar-refractivity contribution in [1.29, 1.82) is 0 Å². The zero-order valence-corrected chi connectivity index (χ0v) is 11.5. The predicted molar refractivity (Wildman–Crippen MR) is 76.4 cm³/mol. The number of rotatable bonds is 2. The van der Waals surface area contributed by atoms with Crippen molar-refractivity contribution in [3.8, 4) is 28.7 Å². The van der Waals surface area contributed by atoms with Crippen LogP contribution in [0.3, 0.4) is 0 Å². The van der Waals surface area contributed by atoms with Crippen LogP contribution in [-0.4, -0.2) is 29.0 Å². The van der Waals surface area contributed by atoms with Crippen molar-refractivity contribution in [1.82, 2.24) is 0 Å². The Bertz CT molecular complexity index is 681. The van der Waals surface area contributed by atoms with Gasteiger partial charge in [0.25, 0.3) is 0 Å². The molecule has 0 saturated carbocycles. The third kappa shape index (κ3) is 2.31. The maximum Gasteiger partial charge on any atom is 0.203 e. The Balaban J connectivity index is 1.95. The zero-order chi connectivity index (χ0) is 15.0. The van der Waals surface area contributed by atoms with Gasteiger partial charge in [0.15, 0.2) is 11.5 Å². The third-order valence-electron chi connectivity index (χ3n) is 3.74. The summed E-state index contributed by atoms with van der Waals surface area (Å²) in [7, 11) is 1.40. The molecular formula is C16H16O5. The second kappa shape index (κ2) is 5.09. The first-order valence-electron chi connectivity index (χ1n) is 6.63. The van der Waals surface area contributed by atoms with E-state index in [1.807, 2.05) is 6.07 Å². The van der Waals surface area contributed by atoms with E-state index < -0.39 is 0 Å². The summed E-state index contributed by atoms with van der Waals surface area (Å²) in [5.74, 6) is 0.701. The van der Waals surface area contributed by atoms with Gasteiger partial charge in [-0.15, -0.1) is 0 Å². The fourth-order valence-corrected chi connectivity index (χ4v) is 2.67. The summed E-state index contributed by atoms with van der Waals surface area (Å²) in [5.41, 5.74) is 1.64. The highest BCUT2D eigenvalue weighted by Crippen LogP contribution is 2.44. The number of hydrogen-bond donors (Lipinski definition) is 3. The van der Waals surface area contributed by atoms with Gasteiger partial charge in [0.1, 0.15) is 11.5 Å². The van der Waals surface area contributed by atoms with Crippen LogP contribution in [0.4, 0.5) is 0 Å². The highest BCUT2D eigenvalue weighted by molar-refractivity contribution is 5.56. The van der Waals surface area contributed by atoms with Crippen LogP contribution < -0.4 is 9.47 Å². The number of fused-ring (bicyclic) bond motifs is 1. The molecule has 21 heavy (non-hydrogen) atoms. The van der Waals surface area contributed by atoms with Crippen LogP contribution in [0.5, 0.6) is 28.7 Å². The lowest BCUT2D eigenvalue weighted by molar-refractivity contribution is 0.256. The molecule has 0 spiro atoms. The number of benzene rings is 2. The number of ether oxygens (including phenoxy) is 2. The lowest BCUT2D eigenvalue weighted by Crippen LogP contribution is -2.19. The summed E-state index contributed by atoms with van der Waals surface area (Å²) in [4.78, 5) is 0. The third-order valence-corrected chi connectivity index (χ3v) is 3.74. The molecule has 0 saturated heterocycles. The predicted octanol–water partition coefficient (Wildman–Crippen LogP) is 2.53. The van der Waals surface area contributed by atoms with Gasteiger partial charge in [-0.1, -0.05) is 12.1 Å². The lowest BCUT2D eigenvalue weighted by Gasteiger charge is -2.26. The van der Waals surface area contributed by atoms with Crippen molar-refractivity contribution >= 4 is 0 Å². The monoisotopic (exact) mass is 288 g/mol. The van der Waals surface area contributed by atoms with Crippen LogP contribution in [0.1, 0.15) is 17.0 Å². The molecule has 5 nitrogen and oxygen atoms in total. The largest absolute Gasteiger partial charge is 0.508 e. The molecule has 1 aliphatic rings. The summed E-state index contributed by atoms with van der Waals surface area (Å²) in [6, 6.07) is 8.18. The van der Waals surface area contributed by atoms with Crippen molar-refractivity contribution in [3.05, 3.63) is 41.5 Å². The van der Waals surface area contributed by atoms with Crippen LogP contribution in [-0.2, 0) is 6.42 Å². The Morgan fingerprint density at radius 1 is 1.14 bits per heavy atom. The van der Waals surface area contributed by atoms with Crippen LogP contribution in [0.25, 0.3) is 0 Å². The molecule has 5 heteroatoms. The topological polar surface area (TPSA) is 79.2 Å². The van der Waals surface area contributed by atoms with Gasteiger partial charge in [0.05, 0.1) is 13.7 Å². The molecule has 0 aliphatic carbocycles. The molecule has 0 fully saturated rings. The molecule has 3 N–H and O–H groups in total. The van der Waals surface area contributed by atoms with E-state index in [2.05, 4.69) is 0 Å². The summed E-state index contributed by atoms with van der Waals surface area (Å²) >= 11 is 0. The molecule has 2 aromatic carbocycles. The Kier molecular flexibility index (Phi) is 3.25. The van der Waals surface area contributed by atoms with Gasteiger partial charge in [-0.25, -0.2) is 0 Å². The normalized spacial score (nSPS) is 16.9. The van der Waals surface area contributed by atoms with E-state index >= 15 is 0 Å². The number of phenols is 3. The van der Waals surface area contributed by atoms with Crippen LogP contribution in [0.15, 0.2) is 30.3 Å². The molecule has 3 rings (SSSR count). The first kappa shape index (κ1) is 13.4. The molecule has 0 amide bonds. The fraction of sp³-hybridized carbons (Fsp3) is 0.250. The maximum atomic E-state index is 10.2. The van der Waals surface area contributed by atoms with Crippen LogP contribution >= 0.6 is 0 Å². The Morgan fingerprint density at radius 2 is 1.95 bits per heavy atom. The second-order valence-corrected chi connectivity index (χ2v) is 5.06. The molecule has 1 atom stereocenters. The average Bonchev–Trinajstić information content (AvgIpc) is 2.47. The summed E-state index contributed by atoms with van der Waals surface area (Å²) in [5, 5.41) is 29.3. The van der Waals surface area contributed by atoms with Crippen molar-refractivity contribution in [2.45, 2.75) is 12.3 Å². The van der Waals surface area contributed by atoms with Crippen molar-refractivity contribution in [2.75, 3.05) is 13.7 Å². The first-order valence-corrected chi connectivity index (χ1v) is 6.63. The van der Waals surface area contributed by atoms with Gasteiger partial charge in [0.2, 0.25) is 5.75 Å². The number of aromatic hydroxyl groups is 3. The van der Waals surface area contributed by atoms with Crippen molar-refractivity contribution in [3.63, 3.8) is 0 Å². The van der Waals surface area contributed by atoms with Gasteiger partial charge < -0.3 is 24.8 Å². The van der Waals surface area contributed by atoms with E-state index in [9.17, 15) is 15.3 Å².